The molecule has 3 heterocycles. The minimum Gasteiger partial charge on any atom is -0.353 e. The number of rotatable bonds is 4. The van der Waals surface area contributed by atoms with E-state index in [2.05, 4.69) is 45.8 Å². The van der Waals surface area contributed by atoms with Crippen LogP contribution < -0.4 is 4.90 Å². The lowest BCUT2D eigenvalue weighted by molar-refractivity contribution is -0.128. The number of piperazine rings is 1. The summed E-state index contributed by atoms with van der Waals surface area (Å²) in [6.07, 6.45) is 1.80. The molecule has 1 amide bonds. The lowest BCUT2D eigenvalue weighted by Gasteiger charge is -2.35. The van der Waals surface area contributed by atoms with Crippen molar-refractivity contribution in [2.75, 3.05) is 36.8 Å². The molecule has 0 spiro atoms. The summed E-state index contributed by atoms with van der Waals surface area (Å²) < 4.78 is 0. The highest BCUT2D eigenvalue weighted by Gasteiger charge is 2.23. The average molecular weight is 360 g/mol. The number of H-pyrrole nitrogens is 1. The van der Waals surface area contributed by atoms with Crippen LogP contribution in [0, 0.1) is 0 Å². The van der Waals surface area contributed by atoms with Crippen LogP contribution in [0.5, 0.6) is 0 Å². The highest BCUT2D eigenvalue weighted by atomic mass is 32.2. The Kier molecular flexibility index (Phi) is 5.27. The van der Waals surface area contributed by atoms with E-state index >= 15 is 0 Å². The van der Waals surface area contributed by atoms with E-state index in [0.717, 1.165) is 37.8 Å². The maximum Gasteiger partial charge on any atom is 0.233 e. The number of nitrogens with one attached hydrogen (secondary N) is 1. The van der Waals surface area contributed by atoms with E-state index in [9.17, 15) is 4.79 Å². The third-order valence-electron chi connectivity index (χ3n) is 4.11. The summed E-state index contributed by atoms with van der Waals surface area (Å²) in [5.41, 5.74) is -0.0718. The number of hydrogen-bond donors (Lipinski definition) is 1. The second kappa shape index (κ2) is 7.43. The van der Waals surface area contributed by atoms with Gasteiger partial charge in [0.15, 0.2) is 0 Å². The maximum absolute atomic E-state index is 12.4. The Hall–Kier alpha value is -2.09. The molecule has 0 aliphatic carbocycles. The summed E-state index contributed by atoms with van der Waals surface area (Å²) in [6.45, 7) is 9.29. The zero-order valence-electron chi connectivity index (χ0n) is 14.9. The van der Waals surface area contributed by atoms with Crippen LogP contribution in [0.25, 0.3) is 0 Å². The number of aromatic amines is 1. The van der Waals surface area contributed by atoms with Gasteiger partial charge in [-0.1, -0.05) is 38.6 Å². The first kappa shape index (κ1) is 17.7. The predicted octanol–water partition coefficient (Wildman–Crippen LogP) is 1.94. The molecule has 1 aliphatic heterocycles. The van der Waals surface area contributed by atoms with Gasteiger partial charge in [-0.15, -0.1) is 5.10 Å². The van der Waals surface area contributed by atoms with Crippen LogP contribution in [-0.2, 0) is 10.2 Å². The zero-order chi connectivity index (χ0) is 17.9. The van der Waals surface area contributed by atoms with Crippen LogP contribution in [0.4, 0.5) is 5.82 Å². The highest BCUT2D eigenvalue weighted by molar-refractivity contribution is 7.99. The molecule has 134 valence electrons. The topological polar surface area (TPSA) is 78.0 Å². The van der Waals surface area contributed by atoms with E-state index in [1.54, 1.807) is 6.20 Å². The van der Waals surface area contributed by atoms with Gasteiger partial charge in [0, 0.05) is 37.8 Å². The van der Waals surface area contributed by atoms with Crippen LogP contribution in [0.3, 0.4) is 0 Å². The van der Waals surface area contributed by atoms with Crippen molar-refractivity contribution in [2.24, 2.45) is 0 Å². The molecule has 1 aliphatic rings. The largest absolute Gasteiger partial charge is 0.353 e. The van der Waals surface area contributed by atoms with Crippen molar-refractivity contribution in [2.45, 2.75) is 31.3 Å². The van der Waals surface area contributed by atoms with Gasteiger partial charge >= 0.3 is 0 Å². The van der Waals surface area contributed by atoms with Crippen molar-refractivity contribution in [1.29, 1.82) is 0 Å². The van der Waals surface area contributed by atoms with E-state index in [4.69, 9.17) is 0 Å². The van der Waals surface area contributed by atoms with Crippen molar-refractivity contribution >= 4 is 23.5 Å². The van der Waals surface area contributed by atoms with Crippen LogP contribution in [0.2, 0.25) is 0 Å². The minimum absolute atomic E-state index is 0.0718. The molecule has 1 fully saturated rings. The van der Waals surface area contributed by atoms with Gasteiger partial charge in [-0.25, -0.2) is 9.97 Å². The fraction of sp³-hybridized carbons (Fsp3) is 0.529. The molecule has 0 unspecified atom stereocenters. The first-order chi connectivity index (χ1) is 11.9. The van der Waals surface area contributed by atoms with E-state index in [1.165, 1.54) is 11.8 Å². The quantitative estimate of drug-likeness (QED) is 0.840. The van der Waals surface area contributed by atoms with E-state index in [0.29, 0.717) is 10.9 Å². The molecule has 0 aromatic carbocycles. The average Bonchev–Trinajstić information content (AvgIpc) is 3.10. The van der Waals surface area contributed by atoms with Gasteiger partial charge in [-0.05, 0) is 12.1 Å². The summed E-state index contributed by atoms with van der Waals surface area (Å²) in [5, 5.41) is 7.77. The van der Waals surface area contributed by atoms with Crippen LogP contribution in [-0.4, -0.2) is 62.9 Å². The molecule has 0 atom stereocenters. The van der Waals surface area contributed by atoms with Gasteiger partial charge in [0.25, 0.3) is 0 Å². The van der Waals surface area contributed by atoms with Gasteiger partial charge < -0.3 is 9.80 Å². The predicted molar refractivity (Wildman–Crippen MR) is 98.8 cm³/mol. The molecular formula is C17H24N6OS. The molecule has 0 radical (unpaired) electrons. The molecule has 7 nitrogen and oxygen atoms in total. The fourth-order valence-corrected chi connectivity index (χ4v) is 3.29. The van der Waals surface area contributed by atoms with E-state index in [1.807, 2.05) is 23.1 Å². The van der Waals surface area contributed by atoms with Crippen molar-refractivity contribution in [3.05, 3.63) is 30.2 Å². The van der Waals surface area contributed by atoms with Crippen LogP contribution >= 0.6 is 11.8 Å². The SMILES string of the molecule is CC(C)(C)c1nc(SCC(=O)N2CCN(c3ccccn3)CC2)n[nH]1. The van der Waals surface area contributed by atoms with Gasteiger partial charge in [0.2, 0.25) is 11.1 Å². The Morgan fingerprint density at radius 2 is 2.00 bits per heavy atom. The Morgan fingerprint density at radius 1 is 1.24 bits per heavy atom. The molecular weight excluding hydrogens is 336 g/mol. The Morgan fingerprint density at radius 3 is 2.60 bits per heavy atom. The number of hydrogen-bond acceptors (Lipinski definition) is 6. The lowest BCUT2D eigenvalue weighted by Crippen LogP contribution is -2.49. The monoisotopic (exact) mass is 360 g/mol. The van der Waals surface area contributed by atoms with E-state index in [-0.39, 0.29) is 11.3 Å². The minimum atomic E-state index is -0.0718. The third kappa shape index (κ3) is 4.50. The summed E-state index contributed by atoms with van der Waals surface area (Å²) >= 11 is 1.39. The molecule has 0 saturated carbocycles. The van der Waals surface area contributed by atoms with E-state index < -0.39 is 0 Å². The first-order valence-electron chi connectivity index (χ1n) is 8.43. The fourth-order valence-electron chi connectivity index (χ4n) is 2.59. The molecule has 25 heavy (non-hydrogen) atoms. The smallest absolute Gasteiger partial charge is 0.233 e. The number of carbonyl (C=O) groups excluding carboxylic acids is 1. The normalized spacial score (nSPS) is 15.5. The Balaban J connectivity index is 1.47. The number of amides is 1. The molecule has 0 bridgehead atoms. The molecule has 3 rings (SSSR count). The molecule has 1 N–H and O–H groups in total. The van der Waals surface area contributed by atoms with Crippen molar-refractivity contribution in [3.63, 3.8) is 0 Å². The second-order valence-electron chi connectivity index (χ2n) is 7.06. The summed E-state index contributed by atoms with van der Waals surface area (Å²) in [5.74, 6) is 2.31. The zero-order valence-corrected chi connectivity index (χ0v) is 15.7. The maximum atomic E-state index is 12.4. The number of nitrogens with zero attached hydrogens (tertiary/aromatic N) is 5. The van der Waals surface area contributed by atoms with Gasteiger partial charge in [0.1, 0.15) is 11.6 Å². The van der Waals surface area contributed by atoms with Crippen LogP contribution in [0.1, 0.15) is 26.6 Å². The summed E-state index contributed by atoms with van der Waals surface area (Å²) in [4.78, 5) is 25.4. The van der Waals surface area contributed by atoms with Gasteiger partial charge in [0.05, 0.1) is 5.75 Å². The first-order valence-corrected chi connectivity index (χ1v) is 9.41. The third-order valence-corrected chi connectivity index (χ3v) is 4.94. The molecule has 2 aromatic rings. The van der Waals surface area contributed by atoms with Crippen molar-refractivity contribution in [3.8, 4) is 0 Å². The molecule has 1 saturated heterocycles. The number of aromatic nitrogens is 4. The lowest BCUT2D eigenvalue weighted by atomic mass is 9.96. The molecule has 2 aromatic heterocycles. The van der Waals surface area contributed by atoms with Crippen molar-refractivity contribution in [1.82, 2.24) is 25.1 Å². The van der Waals surface area contributed by atoms with Crippen molar-refractivity contribution < 1.29 is 4.79 Å². The Labute approximate surface area is 152 Å². The standard InChI is InChI=1S/C17H24N6OS/c1-17(2,3)15-19-16(21-20-15)25-12-14(24)23-10-8-22(9-11-23)13-6-4-5-7-18-13/h4-7H,8-12H2,1-3H3,(H,19,20,21). The summed E-state index contributed by atoms with van der Waals surface area (Å²) in [6, 6.07) is 5.90. The number of pyridine rings is 1. The number of carbonyl (C=O) groups is 1. The number of thioether (sulfide) groups is 1. The second-order valence-corrected chi connectivity index (χ2v) is 8.00. The van der Waals surface area contributed by atoms with Gasteiger partial charge in [-0.2, -0.15) is 0 Å². The number of anilines is 1. The molecule has 8 heteroatoms. The summed E-state index contributed by atoms with van der Waals surface area (Å²) in [7, 11) is 0. The highest BCUT2D eigenvalue weighted by Crippen LogP contribution is 2.21. The van der Waals surface area contributed by atoms with Gasteiger partial charge in [-0.3, -0.25) is 9.89 Å². The Bertz CT molecular complexity index is 703. The van der Waals surface area contributed by atoms with Crippen LogP contribution in [0.15, 0.2) is 29.6 Å².